The highest BCUT2D eigenvalue weighted by Crippen LogP contribution is 2.18. The summed E-state index contributed by atoms with van der Waals surface area (Å²) in [6, 6.07) is 0. The van der Waals surface area contributed by atoms with Gasteiger partial charge in [-0.3, -0.25) is 14.4 Å². The number of carbonyl (C=O) groups is 3. The highest BCUT2D eigenvalue weighted by Gasteiger charge is 2.19. The smallest absolute Gasteiger partial charge is 0.306 e. The van der Waals surface area contributed by atoms with Gasteiger partial charge in [0, 0.05) is 19.3 Å². The van der Waals surface area contributed by atoms with Gasteiger partial charge in [-0.05, 0) is 44.9 Å². The van der Waals surface area contributed by atoms with Crippen molar-refractivity contribution in [2.75, 3.05) is 13.2 Å². The van der Waals surface area contributed by atoms with E-state index in [1.54, 1.807) is 0 Å². The van der Waals surface area contributed by atoms with Crippen LogP contribution in [0.3, 0.4) is 0 Å². The minimum atomic E-state index is -0.765. The highest BCUT2D eigenvalue weighted by atomic mass is 16.6. The van der Waals surface area contributed by atoms with Crippen molar-refractivity contribution < 1.29 is 28.6 Å². The maximum absolute atomic E-state index is 12.9. The molecule has 420 valence electrons. The van der Waals surface area contributed by atoms with E-state index in [1.165, 1.54) is 270 Å². The van der Waals surface area contributed by atoms with Crippen LogP contribution in [-0.4, -0.2) is 37.2 Å². The van der Waals surface area contributed by atoms with Gasteiger partial charge in [0.15, 0.2) is 6.10 Å². The number of carbonyl (C=O) groups excluding carboxylic acids is 3. The van der Waals surface area contributed by atoms with Gasteiger partial charge in [0.1, 0.15) is 13.2 Å². The summed E-state index contributed by atoms with van der Waals surface area (Å²) in [7, 11) is 0. The molecule has 0 amide bonds. The number of esters is 3. The molecule has 0 aliphatic heterocycles. The van der Waals surface area contributed by atoms with Gasteiger partial charge in [-0.25, -0.2) is 0 Å². The summed E-state index contributed by atoms with van der Waals surface area (Å²) in [5.74, 6) is -0.845. The molecule has 6 heteroatoms. The molecular formula is C65H124O6. The van der Waals surface area contributed by atoms with Gasteiger partial charge >= 0.3 is 17.9 Å². The third-order valence-corrected chi connectivity index (χ3v) is 14.8. The molecule has 0 radical (unpaired) electrons. The van der Waals surface area contributed by atoms with Crippen LogP contribution >= 0.6 is 0 Å². The summed E-state index contributed by atoms with van der Waals surface area (Å²) in [5, 5.41) is 0. The maximum atomic E-state index is 12.9. The molecule has 0 fully saturated rings. The molecule has 0 aliphatic rings. The van der Waals surface area contributed by atoms with Crippen LogP contribution in [0.4, 0.5) is 0 Å². The van der Waals surface area contributed by atoms with E-state index in [4.69, 9.17) is 14.2 Å². The van der Waals surface area contributed by atoms with Crippen LogP contribution in [0.5, 0.6) is 0 Å². The predicted molar refractivity (Wildman–Crippen MR) is 307 cm³/mol. The largest absolute Gasteiger partial charge is 0.462 e. The molecule has 0 heterocycles. The van der Waals surface area contributed by atoms with E-state index in [0.29, 0.717) is 19.3 Å². The van der Waals surface area contributed by atoms with Crippen LogP contribution in [0.15, 0.2) is 12.2 Å². The van der Waals surface area contributed by atoms with E-state index in [1.807, 2.05) is 0 Å². The molecular weight excluding hydrogens is 877 g/mol. The Kier molecular flexibility index (Phi) is 59.1. The second kappa shape index (κ2) is 60.7. The molecule has 71 heavy (non-hydrogen) atoms. The molecule has 0 spiro atoms. The molecule has 0 aromatic rings. The number of ether oxygens (including phenoxy) is 3. The Labute approximate surface area is 443 Å². The van der Waals surface area contributed by atoms with Crippen molar-refractivity contribution in [3.63, 3.8) is 0 Å². The first-order valence-electron chi connectivity index (χ1n) is 32.2. The lowest BCUT2D eigenvalue weighted by atomic mass is 10.0. The lowest BCUT2D eigenvalue weighted by Crippen LogP contribution is -2.30. The zero-order valence-corrected chi connectivity index (χ0v) is 48.3. The molecule has 1 atom stereocenters. The number of hydrogen-bond donors (Lipinski definition) is 0. The van der Waals surface area contributed by atoms with E-state index < -0.39 is 6.10 Å². The van der Waals surface area contributed by atoms with E-state index in [-0.39, 0.29) is 31.1 Å². The molecule has 0 aromatic heterocycles. The zero-order valence-electron chi connectivity index (χ0n) is 48.3. The molecule has 0 aliphatic carbocycles. The fourth-order valence-electron chi connectivity index (χ4n) is 9.91. The molecule has 0 rings (SSSR count). The first-order valence-corrected chi connectivity index (χ1v) is 32.2. The Morgan fingerprint density at radius 2 is 0.465 bits per heavy atom. The Morgan fingerprint density at radius 3 is 0.704 bits per heavy atom. The van der Waals surface area contributed by atoms with Gasteiger partial charge in [0.25, 0.3) is 0 Å². The van der Waals surface area contributed by atoms with E-state index in [0.717, 1.165) is 57.8 Å². The second-order valence-electron chi connectivity index (χ2n) is 22.0. The minimum Gasteiger partial charge on any atom is -0.462 e. The molecule has 0 bridgehead atoms. The molecule has 0 saturated carbocycles. The van der Waals surface area contributed by atoms with Gasteiger partial charge < -0.3 is 14.2 Å². The summed E-state index contributed by atoms with van der Waals surface area (Å²) in [5.41, 5.74) is 0. The van der Waals surface area contributed by atoms with Crippen LogP contribution < -0.4 is 0 Å². The molecule has 0 N–H and O–H groups in total. The minimum absolute atomic E-state index is 0.0649. The van der Waals surface area contributed by atoms with Crippen LogP contribution in [0.2, 0.25) is 0 Å². The van der Waals surface area contributed by atoms with Crippen molar-refractivity contribution in [3.8, 4) is 0 Å². The normalized spacial score (nSPS) is 12.0. The first kappa shape index (κ1) is 69.2. The van der Waals surface area contributed by atoms with Gasteiger partial charge in [-0.15, -0.1) is 0 Å². The SMILES string of the molecule is CCCCCCCC/C=C\CCCCCCCCCCCC(=O)OC(COC(=O)CCCCCCCCCC)COC(=O)CCCCCCCCCCCCCCCCCCCCCCCCCCCC. The predicted octanol–water partition coefficient (Wildman–Crippen LogP) is 21.7. The van der Waals surface area contributed by atoms with Gasteiger partial charge in [-0.1, -0.05) is 315 Å². The lowest BCUT2D eigenvalue weighted by molar-refractivity contribution is -0.167. The van der Waals surface area contributed by atoms with Crippen molar-refractivity contribution in [1.29, 1.82) is 0 Å². The Hall–Kier alpha value is -1.85. The van der Waals surface area contributed by atoms with Crippen LogP contribution in [0, 0.1) is 0 Å². The standard InChI is InChI=1S/C65H124O6/c1-4-7-10-13-16-19-21-23-25-27-29-30-31-32-33-34-35-37-38-40-42-44-46-49-52-55-58-64(67)70-61-62(60-69-63(66)57-54-51-48-18-15-12-9-6-3)71-65(68)59-56-53-50-47-45-43-41-39-36-28-26-24-22-20-17-14-11-8-5-2/h24,26,62H,4-23,25,27-61H2,1-3H3/b26-24-. The Bertz CT molecular complexity index is 1100. The monoisotopic (exact) mass is 1000 g/mol. The number of hydrogen-bond acceptors (Lipinski definition) is 6. The third kappa shape index (κ3) is 58.9. The van der Waals surface area contributed by atoms with Crippen molar-refractivity contribution in [2.45, 2.75) is 374 Å². The highest BCUT2D eigenvalue weighted by molar-refractivity contribution is 5.71. The summed E-state index contributed by atoms with van der Waals surface area (Å²) in [6.07, 6.45) is 71.0. The van der Waals surface area contributed by atoms with Gasteiger partial charge in [0.05, 0.1) is 0 Å². The first-order chi connectivity index (χ1) is 35.0. The van der Waals surface area contributed by atoms with Gasteiger partial charge in [0.2, 0.25) is 0 Å². The summed E-state index contributed by atoms with van der Waals surface area (Å²) < 4.78 is 16.9. The summed E-state index contributed by atoms with van der Waals surface area (Å²) in [4.78, 5) is 38.1. The number of allylic oxidation sites excluding steroid dienone is 2. The molecule has 1 unspecified atom stereocenters. The average molecular weight is 1000 g/mol. The van der Waals surface area contributed by atoms with Crippen molar-refractivity contribution in [2.24, 2.45) is 0 Å². The molecule has 0 aromatic carbocycles. The molecule has 0 saturated heterocycles. The summed E-state index contributed by atoms with van der Waals surface area (Å²) >= 11 is 0. The lowest BCUT2D eigenvalue weighted by Gasteiger charge is -2.18. The van der Waals surface area contributed by atoms with E-state index in [9.17, 15) is 14.4 Å². The van der Waals surface area contributed by atoms with Crippen LogP contribution in [0.25, 0.3) is 0 Å². The number of unbranched alkanes of at least 4 members (excludes halogenated alkanes) is 47. The fourth-order valence-corrected chi connectivity index (χ4v) is 9.91. The average Bonchev–Trinajstić information content (AvgIpc) is 3.37. The fraction of sp³-hybridized carbons (Fsp3) is 0.923. The van der Waals surface area contributed by atoms with Gasteiger partial charge in [-0.2, -0.15) is 0 Å². The quantitative estimate of drug-likeness (QED) is 0.0261. The Balaban J connectivity index is 4.08. The maximum Gasteiger partial charge on any atom is 0.306 e. The van der Waals surface area contributed by atoms with Crippen molar-refractivity contribution in [1.82, 2.24) is 0 Å². The summed E-state index contributed by atoms with van der Waals surface area (Å²) in [6.45, 7) is 6.67. The van der Waals surface area contributed by atoms with Crippen LogP contribution in [-0.2, 0) is 28.6 Å². The topological polar surface area (TPSA) is 78.9 Å². The second-order valence-corrected chi connectivity index (χ2v) is 22.0. The van der Waals surface area contributed by atoms with Crippen molar-refractivity contribution >= 4 is 17.9 Å². The van der Waals surface area contributed by atoms with Crippen LogP contribution in [0.1, 0.15) is 367 Å². The van der Waals surface area contributed by atoms with E-state index >= 15 is 0 Å². The zero-order chi connectivity index (χ0) is 51.4. The third-order valence-electron chi connectivity index (χ3n) is 14.8. The number of rotatable bonds is 60. The molecule has 6 nitrogen and oxygen atoms in total. The van der Waals surface area contributed by atoms with Crippen molar-refractivity contribution in [3.05, 3.63) is 12.2 Å². The van der Waals surface area contributed by atoms with E-state index in [2.05, 4.69) is 32.9 Å². The Morgan fingerprint density at radius 1 is 0.268 bits per heavy atom.